The number of nitrogens with one attached hydrogen (secondary N) is 2. The highest BCUT2D eigenvalue weighted by molar-refractivity contribution is 6.00. The zero-order valence-corrected chi connectivity index (χ0v) is 20.4. The summed E-state index contributed by atoms with van der Waals surface area (Å²) < 4.78 is 5.83. The van der Waals surface area contributed by atoms with Gasteiger partial charge in [-0.05, 0) is 75.3 Å². The molecule has 0 saturated carbocycles. The molecule has 0 bridgehead atoms. The summed E-state index contributed by atoms with van der Waals surface area (Å²) in [6.45, 7) is 19.0. The molecule has 1 atom stereocenters. The highest BCUT2D eigenvalue weighted by Crippen LogP contribution is 2.30. The Balaban J connectivity index is 3.47. The standard InChI is InChI=1S/C26H41N3O2/c1-9-13-19(7)28-25(20(8)17(5)10-2)26(30)29-24(18(6)11-3)22-16-21(27)14-15-23(22)31-12-4/h14-17,28H,7,9-13,27H2,1-6,8H3,(H,29,30)/b24-18?,25-20-. The third-order valence-electron chi connectivity index (χ3n) is 5.59. The number of ether oxygens (including phenoxy) is 1. The predicted octanol–water partition coefficient (Wildman–Crippen LogP) is 6.15. The molecule has 31 heavy (non-hydrogen) atoms. The number of nitrogen functional groups attached to an aromatic ring is 1. The largest absolute Gasteiger partial charge is 0.493 e. The van der Waals surface area contributed by atoms with E-state index in [1.54, 1.807) is 0 Å². The van der Waals surface area contributed by atoms with E-state index in [0.29, 0.717) is 23.7 Å². The Morgan fingerprint density at radius 1 is 1.16 bits per heavy atom. The number of anilines is 1. The van der Waals surface area contributed by atoms with E-state index in [1.807, 2.05) is 39.0 Å². The topological polar surface area (TPSA) is 76.4 Å². The average Bonchev–Trinajstić information content (AvgIpc) is 2.75. The van der Waals surface area contributed by atoms with Crippen LogP contribution in [0.25, 0.3) is 5.70 Å². The summed E-state index contributed by atoms with van der Waals surface area (Å²) in [5, 5.41) is 6.45. The molecule has 1 aromatic carbocycles. The summed E-state index contributed by atoms with van der Waals surface area (Å²) in [6.07, 6.45) is 3.51. The molecular weight excluding hydrogens is 386 g/mol. The molecule has 0 radical (unpaired) electrons. The van der Waals surface area contributed by atoms with Crippen LogP contribution >= 0.6 is 0 Å². The molecule has 0 spiro atoms. The van der Waals surface area contributed by atoms with Crippen molar-refractivity contribution in [2.24, 2.45) is 5.92 Å². The maximum absolute atomic E-state index is 13.5. The molecule has 1 aromatic rings. The Hall–Kier alpha value is -2.69. The quantitative estimate of drug-likeness (QED) is 0.276. The Bertz CT molecular complexity index is 837. The number of hydrogen-bond acceptors (Lipinski definition) is 4. The summed E-state index contributed by atoms with van der Waals surface area (Å²) in [4.78, 5) is 13.5. The van der Waals surface area contributed by atoms with Gasteiger partial charge in [0.1, 0.15) is 11.4 Å². The van der Waals surface area contributed by atoms with Gasteiger partial charge in [0.2, 0.25) is 0 Å². The molecule has 0 aliphatic rings. The summed E-state index contributed by atoms with van der Waals surface area (Å²) >= 11 is 0. The lowest BCUT2D eigenvalue weighted by atomic mass is 9.97. The van der Waals surface area contributed by atoms with E-state index < -0.39 is 0 Å². The van der Waals surface area contributed by atoms with Crippen LogP contribution in [0.1, 0.15) is 79.7 Å². The SMILES string of the molecule is C=C(CCC)N/C(C(=O)NC(=C(C)CC)c1cc(N)ccc1OCC)=C(/C)C(C)CC. The van der Waals surface area contributed by atoms with E-state index in [4.69, 9.17) is 10.5 Å². The minimum absolute atomic E-state index is 0.178. The first-order valence-electron chi connectivity index (χ1n) is 11.4. The van der Waals surface area contributed by atoms with Crippen LogP contribution in [-0.2, 0) is 4.79 Å². The van der Waals surface area contributed by atoms with Gasteiger partial charge in [-0.25, -0.2) is 0 Å². The summed E-state index contributed by atoms with van der Waals surface area (Å²) in [5.74, 6) is 0.795. The molecule has 5 heteroatoms. The Kier molecular flexibility index (Phi) is 10.9. The van der Waals surface area contributed by atoms with Gasteiger partial charge < -0.3 is 21.1 Å². The molecule has 0 fully saturated rings. The smallest absolute Gasteiger partial charge is 0.272 e. The first-order valence-corrected chi connectivity index (χ1v) is 11.4. The van der Waals surface area contributed by atoms with Gasteiger partial charge in [-0.15, -0.1) is 0 Å². The molecule has 1 unspecified atom stereocenters. The molecule has 0 aromatic heterocycles. The van der Waals surface area contributed by atoms with Gasteiger partial charge in [-0.1, -0.05) is 40.7 Å². The second-order valence-corrected chi connectivity index (χ2v) is 8.00. The lowest BCUT2D eigenvalue weighted by molar-refractivity contribution is -0.116. The lowest BCUT2D eigenvalue weighted by Gasteiger charge is -2.22. The van der Waals surface area contributed by atoms with Crippen molar-refractivity contribution in [1.82, 2.24) is 10.6 Å². The minimum Gasteiger partial charge on any atom is -0.493 e. The van der Waals surface area contributed by atoms with Crippen molar-refractivity contribution in [1.29, 1.82) is 0 Å². The van der Waals surface area contributed by atoms with Gasteiger partial charge in [0.05, 0.1) is 12.3 Å². The van der Waals surface area contributed by atoms with Crippen molar-refractivity contribution in [3.05, 3.63) is 52.9 Å². The van der Waals surface area contributed by atoms with Crippen LogP contribution in [0, 0.1) is 5.92 Å². The molecule has 5 nitrogen and oxygen atoms in total. The Morgan fingerprint density at radius 2 is 1.84 bits per heavy atom. The van der Waals surface area contributed by atoms with Crippen LogP contribution in [0.5, 0.6) is 5.75 Å². The van der Waals surface area contributed by atoms with Crippen LogP contribution in [0.2, 0.25) is 0 Å². The minimum atomic E-state index is -0.178. The maximum Gasteiger partial charge on any atom is 0.272 e. The number of nitrogens with two attached hydrogens (primary N) is 1. The number of hydrogen-bond donors (Lipinski definition) is 3. The fraction of sp³-hybridized carbons (Fsp3) is 0.500. The predicted molar refractivity (Wildman–Crippen MR) is 132 cm³/mol. The number of carbonyl (C=O) groups excluding carboxylic acids is 1. The first kappa shape index (κ1) is 26.3. The fourth-order valence-corrected chi connectivity index (χ4v) is 3.21. The summed E-state index contributed by atoms with van der Waals surface area (Å²) in [7, 11) is 0. The number of amides is 1. The number of rotatable bonds is 12. The van der Waals surface area contributed by atoms with E-state index in [-0.39, 0.29) is 11.8 Å². The molecule has 0 heterocycles. The van der Waals surface area contributed by atoms with Crippen molar-refractivity contribution in [3.8, 4) is 5.75 Å². The zero-order chi connectivity index (χ0) is 23.6. The Labute approximate surface area is 188 Å². The van der Waals surface area contributed by atoms with Gasteiger partial charge in [0.15, 0.2) is 0 Å². The van der Waals surface area contributed by atoms with Crippen LogP contribution in [0.3, 0.4) is 0 Å². The molecule has 0 saturated heterocycles. The third-order valence-corrected chi connectivity index (χ3v) is 5.59. The van der Waals surface area contributed by atoms with Gasteiger partial charge in [0, 0.05) is 16.9 Å². The van der Waals surface area contributed by atoms with E-state index in [0.717, 1.165) is 53.8 Å². The van der Waals surface area contributed by atoms with Crippen LogP contribution in [0.15, 0.2) is 47.3 Å². The molecule has 1 rings (SSSR count). The molecule has 1 amide bonds. The van der Waals surface area contributed by atoms with Gasteiger partial charge in [-0.2, -0.15) is 0 Å². The monoisotopic (exact) mass is 427 g/mol. The normalized spacial score (nSPS) is 13.6. The third kappa shape index (κ3) is 7.50. The van der Waals surface area contributed by atoms with Crippen molar-refractivity contribution in [2.75, 3.05) is 12.3 Å². The number of benzene rings is 1. The van der Waals surface area contributed by atoms with Crippen molar-refractivity contribution in [2.45, 2.75) is 74.1 Å². The van der Waals surface area contributed by atoms with E-state index >= 15 is 0 Å². The molecule has 0 aliphatic heterocycles. The van der Waals surface area contributed by atoms with Gasteiger partial charge >= 0.3 is 0 Å². The number of allylic oxidation sites excluding steroid dienone is 3. The second-order valence-electron chi connectivity index (χ2n) is 8.00. The second kappa shape index (κ2) is 12.9. The maximum atomic E-state index is 13.5. The van der Waals surface area contributed by atoms with E-state index in [1.165, 1.54) is 0 Å². The molecule has 0 aliphatic carbocycles. The number of carbonyl (C=O) groups is 1. The zero-order valence-electron chi connectivity index (χ0n) is 20.4. The first-order chi connectivity index (χ1) is 14.7. The Morgan fingerprint density at radius 3 is 2.39 bits per heavy atom. The summed E-state index contributed by atoms with van der Waals surface area (Å²) in [6, 6.07) is 5.52. The highest BCUT2D eigenvalue weighted by atomic mass is 16.5. The summed E-state index contributed by atoms with van der Waals surface area (Å²) in [5.41, 5.74) is 11.7. The fourth-order valence-electron chi connectivity index (χ4n) is 3.21. The van der Waals surface area contributed by atoms with E-state index in [2.05, 4.69) is 44.9 Å². The van der Waals surface area contributed by atoms with Crippen molar-refractivity contribution in [3.63, 3.8) is 0 Å². The van der Waals surface area contributed by atoms with Gasteiger partial charge in [0.25, 0.3) is 5.91 Å². The molecular formula is C26H41N3O2. The van der Waals surface area contributed by atoms with E-state index in [9.17, 15) is 4.79 Å². The molecule has 4 N–H and O–H groups in total. The molecule has 172 valence electrons. The van der Waals surface area contributed by atoms with Gasteiger partial charge in [-0.3, -0.25) is 4.79 Å². The van der Waals surface area contributed by atoms with Crippen molar-refractivity contribution >= 4 is 17.3 Å². The lowest BCUT2D eigenvalue weighted by Crippen LogP contribution is -2.33. The van der Waals surface area contributed by atoms with Crippen LogP contribution in [-0.4, -0.2) is 12.5 Å². The van der Waals surface area contributed by atoms with Crippen LogP contribution < -0.4 is 21.1 Å². The van der Waals surface area contributed by atoms with Crippen molar-refractivity contribution < 1.29 is 9.53 Å². The van der Waals surface area contributed by atoms with Crippen LogP contribution in [0.4, 0.5) is 5.69 Å². The highest BCUT2D eigenvalue weighted by Gasteiger charge is 2.21. The average molecular weight is 428 g/mol.